The minimum absolute atomic E-state index is 0.698. The van der Waals surface area contributed by atoms with Crippen LogP contribution in [-0.2, 0) is 0 Å². The zero-order valence-corrected chi connectivity index (χ0v) is 22.0. The van der Waals surface area contributed by atoms with E-state index in [1.165, 1.54) is 27.5 Å². The topological polar surface area (TPSA) is 38.9 Å². The summed E-state index contributed by atoms with van der Waals surface area (Å²) in [7, 11) is 0. The number of para-hydroxylation sites is 1. The fraction of sp³-hybridized carbons (Fsp3) is 0. The highest BCUT2D eigenvalue weighted by molar-refractivity contribution is 6.25. The van der Waals surface area contributed by atoms with Crippen LogP contribution >= 0.6 is 0 Å². The third-order valence-corrected chi connectivity index (χ3v) is 8.22. The zero-order valence-electron chi connectivity index (χ0n) is 22.0. The first kappa shape index (κ1) is 22.3. The van der Waals surface area contributed by atoms with E-state index >= 15 is 0 Å². The highest BCUT2D eigenvalue weighted by Gasteiger charge is 2.30. The molecule has 0 amide bonds. The molecule has 41 heavy (non-hydrogen) atoms. The quantitative estimate of drug-likeness (QED) is 0.232. The predicted octanol–water partition coefficient (Wildman–Crippen LogP) is 10.2. The lowest BCUT2D eigenvalue weighted by Crippen LogP contribution is -1.98. The highest BCUT2D eigenvalue weighted by atomic mass is 16.3. The molecule has 2 aromatic heterocycles. The predicted molar refractivity (Wildman–Crippen MR) is 168 cm³/mol. The van der Waals surface area contributed by atoms with Gasteiger partial charge in [0.05, 0.1) is 11.4 Å². The Bertz CT molecular complexity index is 2240. The van der Waals surface area contributed by atoms with Crippen LogP contribution in [0.3, 0.4) is 0 Å². The summed E-state index contributed by atoms with van der Waals surface area (Å²) in [6, 6.07) is 46.4. The molecule has 3 nitrogen and oxygen atoms in total. The summed E-state index contributed by atoms with van der Waals surface area (Å²) in [5, 5.41) is 4.62. The summed E-state index contributed by atoms with van der Waals surface area (Å²) in [5.41, 5.74) is 11.4. The largest absolute Gasteiger partial charge is 0.456 e. The summed E-state index contributed by atoms with van der Waals surface area (Å²) < 4.78 is 6.51. The summed E-state index contributed by atoms with van der Waals surface area (Å²) in [6.07, 6.45) is 0. The Kier molecular flexibility index (Phi) is 4.61. The first-order chi connectivity index (χ1) is 20.3. The van der Waals surface area contributed by atoms with E-state index in [1.54, 1.807) is 0 Å². The molecule has 0 spiro atoms. The van der Waals surface area contributed by atoms with Gasteiger partial charge in [-0.2, -0.15) is 0 Å². The Morgan fingerprint density at radius 3 is 1.78 bits per heavy atom. The summed E-state index contributed by atoms with van der Waals surface area (Å²) in [4.78, 5) is 10.6. The second kappa shape index (κ2) is 8.48. The van der Waals surface area contributed by atoms with Crippen LogP contribution < -0.4 is 0 Å². The van der Waals surface area contributed by atoms with Crippen LogP contribution in [0.5, 0.6) is 0 Å². The van der Waals surface area contributed by atoms with Crippen molar-refractivity contribution in [2.75, 3.05) is 0 Å². The van der Waals surface area contributed by atoms with Crippen molar-refractivity contribution in [1.29, 1.82) is 0 Å². The van der Waals surface area contributed by atoms with Gasteiger partial charge in [0.2, 0.25) is 0 Å². The molecule has 0 saturated carbocycles. The first-order valence-electron chi connectivity index (χ1n) is 13.8. The van der Waals surface area contributed by atoms with Crippen molar-refractivity contribution in [3.05, 3.63) is 133 Å². The Morgan fingerprint density at radius 2 is 1.07 bits per heavy atom. The van der Waals surface area contributed by atoms with Gasteiger partial charge >= 0.3 is 0 Å². The minimum atomic E-state index is 0.698. The first-order valence-corrected chi connectivity index (χ1v) is 13.8. The smallest absolute Gasteiger partial charge is 0.161 e. The second-order valence-electron chi connectivity index (χ2n) is 10.5. The lowest BCUT2D eigenvalue weighted by Gasteiger charge is -2.14. The Hall–Kier alpha value is -5.54. The van der Waals surface area contributed by atoms with Crippen molar-refractivity contribution in [2.24, 2.45) is 0 Å². The molecule has 0 N–H and O–H groups in total. The molecule has 8 aromatic rings. The molecule has 0 bridgehead atoms. The van der Waals surface area contributed by atoms with Crippen LogP contribution in [0.15, 0.2) is 138 Å². The molecule has 9 rings (SSSR count). The third kappa shape index (κ3) is 3.26. The molecule has 0 saturated heterocycles. The number of nitrogens with zero attached hydrogens (tertiary/aromatic N) is 2. The van der Waals surface area contributed by atoms with Crippen molar-refractivity contribution in [2.45, 2.75) is 0 Å². The Labute approximate surface area is 236 Å². The number of furan rings is 1. The summed E-state index contributed by atoms with van der Waals surface area (Å²) in [6.45, 7) is 0. The van der Waals surface area contributed by atoms with Gasteiger partial charge in [-0.25, -0.2) is 9.97 Å². The van der Waals surface area contributed by atoms with Crippen molar-refractivity contribution in [1.82, 2.24) is 9.97 Å². The van der Waals surface area contributed by atoms with Gasteiger partial charge in [-0.1, -0.05) is 115 Å². The molecule has 1 aliphatic rings. The van der Waals surface area contributed by atoms with Crippen LogP contribution in [0.4, 0.5) is 0 Å². The van der Waals surface area contributed by atoms with Crippen LogP contribution in [0.1, 0.15) is 0 Å². The van der Waals surface area contributed by atoms with E-state index in [4.69, 9.17) is 14.4 Å². The van der Waals surface area contributed by atoms with Crippen molar-refractivity contribution < 1.29 is 4.42 Å². The molecule has 0 unspecified atom stereocenters. The summed E-state index contributed by atoms with van der Waals surface area (Å²) in [5.74, 6) is 0.698. The van der Waals surface area contributed by atoms with Gasteiger partial charge in [-0.15, -0.1) is 0 Å². The molecule has 0 fully saturated rings. The van der Waals surface area contributed by atoms with Gasteiger partial charge in [0, 0.05) is 33.0 Å². The molecule has 0 radical (unpaired) electrons. The SMILES string of the molecule is c1ccc(-c2cc(-c3ccccc3)nc(-c3c4c(cc5oc6ccccc6c35)-c3cccc5cccc-4c35)n2)cc1. The van der Waals surface area contributed by atoms with E-state index in [2.05, 4.69) is 109 Å². The van der Waals surface area contributed by atoms with E-state index < -0.39 is 0 Å². The van der Waals surface area contributed by atoms with Crippen molar-refractivity contribution in [3.63, 3.8) is 0 Å². The van der Waals surface area contributed by atoms with Crippen molar-refractivity contribution >= 4 is 32.7 Å². The zero-order chi connectivity index (χ0) is 26.9. The monoisotopic (exact) mass is 522 g/mol. The van der Waals surface area contributed by atoms with E-state index in [-0.39, 0.29) is 0 Å². The lowest BCUT2D eigenvalue weighted by molar-refractivity contribution is 0.669. The molecule has 0 atom stereocenters. The Morgan fingerprint density at radius 1 is 0.439 bits per heavy atom. The second-order valence-corrected chi connectivity index (χ2v) is 10.5. The molecular weight excluding hydrogens is 500 g/mol. The average Bonchev–Trinajstić information content (AvgIpc) is 3.57. The van der Waals surface area contributed by atoms with Crippen LogP contribution in [0, 0.1) is 0 Å². The molecule has 1 aliphatic carbocycles. The number of hydrogen-bond donors (Lipinski definition) is 0. The third-order valence-electron chi connectivity index (χ3n) is 8.22. The highest BCUT2D eigenvalue weighted by Crippen LogP contribution is 2.54. The lowest BCUT2D eigenvalue weighted by atomic mass is 9.92. The van der Waals surface area contributed by atoms with E-state index in [0.717, 1.165) is 55.6 Å². The molecule has 3 heteroatoms. The van der Waals surface area contributed by atoms with Crippen LogP contribution in [0.2, 0.25) is 0 Å². The van der Waals surface area contributed by atoms with E-state index in [0.29, 0.717) is 5.82 Å². The van der Waals surface area contributed by atoms with Gasteiger partial charge in [0.25, 0.3) is 0 Å². The van der Waals surface area contributed by atoms with Crippen LogP contribution in [0.25, 0.3) is 88.9 Å². The average molecular weight is 523 g/mol. The number of hydrogen-bond acceptors (Lipinski definition) is 3. The summed E-state index contributed by atoms with van der Waals surface area (Å²) >= 11 is 0. The minimum Gasteiger partial charge on any atom is -0.456 e. The standard InChI is InChI=1S/C38H22N2O/c1-3-11-23(12-4-1)30-22-31(24-13-5-2-6-14-24)40-38(39-30)37-35-28-19-10-16-25-15-9-18-26(34(25)28)29(35)21-33-36(37)27-17-7-8-20-32(27)41-33/h1-22H. The maximum absolute atomic E-state index is 6.51. The van der Waals surface area contributed by atoms with Gasteiger partial charge in [0.15, 0.2) is 5.82 Å². The van der Waals surface area contributed by atoms with Gasteiger partial charge in [-0.3, -0.25) is 0 Å². The van der Waals surface area contributed by atoms with Crippen LogP contribution in [-0.4, -0.2) is 9.97 Å². The molecule has 6 aromatic carbocycles. The van der Waals surface area contributed by atoms with Crippen molar-refractivity contribution in [3.8, 4) is 56.2 Å². The molecular formula is C38H22N2O. The van der Waals surface area contributed by atoms with Gasteiger partial charge in [-0.05, 0) is 45.7 Å². The number of aromatic nitrogens is 2. The number of fused-ring (bicyclic) bond motifs is 6. The van der Waals surface area contributed by atoms with Gasteiger partial charge < -0.3 is 4.42 Å². The van der Waals surface area contributed by atoms with E-state index in [9.17, 15) is 0 Å². The molecule has 2 heterocycles. The fourth-order valence-corrected chi connectivity index (χ4v) is 6.45. The maximum Gasteiger partial charge on any atom is 0.161 e. The van der Waals surface area contributed by atoms with Gasteiger partial charge in [0.1, 0.15) is 11.2 Å². The normalized spacial score (nSPS) is 11.9. The maximum atomic E-state index is 6.51. The fourth-order valence-electron chi connectivity index (χ4n) is 6.45. The Balaban J connectivity index is 1.46. The number of benzene rings is 6. The molecule has 0 aliphatic heterocycles. The molecule has 190 valence electrons. The number of rotatable bonds is 3. The van der Waals surface area contributed by atoms with E-state index in [1.807, 2.05) is 24.3 Å².